The molecule has 20 nitrogen and oxygen atoms in total. The lowest BCUT2D eigenvalue weighted by Crippen LogP contribution is -2.61. The van der Waals surface area contributed by atoms with Gasteiger partial charge in [0.25, 0.3) is 0 Å². The fourth-order valence-electron chi connectivity index (χ4n) is 8.75. The average Bonchev–Trinajstić information content (AvgIpc) is 3.31. The molecule has 0 aromatic heterocycles. The number of unbranched alkanes of at least 4 members (excludes halogenated alkanes) is 9. The van der Waals surface area contributed by atoms with Crippen LogP contribution in [0.1, 0.15) is 205 Å². The first-order valence-electron chi connectivity index (χ1n) is 27.6. The molecule has 1 fully saturated rings. The Kier molecular flexibility index (Phi) is 32.3. The number of rotatable bonds is 26. The number of ether oxygens (including phenoxy) is 1. The zero-order chi connectivity index (χ0) is 56.1. The molecule has 0 bridgehead atoms. The standard InChI is InChI=1S/C54H95N7O13/c1-12-15-16-17-18-19-20-21-22-23-24-37-30-43(62)55-38(25-26-44(63)64)48(67)56-39(27-32(4)5)49(68)57-40(28-33(6)7)51(70)60-46(35(10)13-2)53(72)59-42(31-45(65)66)50(69)58-41(29-34(8)9)52(71)61-47(36(11)14-3)54(73)74-37/h32-42,46-47H,12-31H2,1-11H3,(H,55,62)(H,56,67)(H,57,68)(H,58,69)(H,59,72)(H,60,70)(H,61,71)(H,63,64)(H,65,66)/t35?,36?,37?,38-,39+,40?,41-,42+,46+,47+/m1/s1. The van der Waals surface area contributed by atoms with Crippen LogP contribution in [0.5, 0.6) is 0 Å². The van der Waals surface area contributed by atoms with Crippen LogP contribution in [0.15, 0.2) is 0 Å². The van der Waals surface area contributed by atoms with Crippen molar-refractivity contribution in [2.24, 2.45) is 29.6 Å². The van der Waals surface area contributed by atoms with Gasteiger partial charge in [-0.3, -0.25) is 43.2 Å². The van der Waals surface area contributed by atoms with Gasteiger partial charge in [-0.25, -0.2) is 4.79 Å². The van der Waals surface area contributed by atoms with Gasteiger partial charge in [-0.15, -0.1) is 0 Å². The quantitative estimate of drug-likeness (QED) is 0.0378. The second kappa shape index (κ2) is 35.8. The van der Waals surface area contributed by atoms with Crippen molar-refractivity contribution in [2.75, 3.05) is 0 Å². The highest BCUT2D eigenvalue weighted by atomic mass is 16.5. The van der Waals surface area contributed by atoms with Crippen molar-refractivity contribution >= 4 is 59.3 Å². The van der Waals surface area contributed by atoms with Crippen LogP contribution in [-0.2, 0) is 52.7 Å². The molecular formula is C54H95N7O13. The Morgan fingerprint density at radius 2 is 0.865 bits per heavy atom. The van der Waals surface area contributed by atoms with E-state index in [1.165, 1.54) is 19.3 Å². The van der Waals surface area contributed by atoms with E-state index in [4.69, 9.17) is 4.74 Å². The third kappa shape index (κ3) is 26.8. The summed E-state index contributed by atoms with van der Waals surface area (Å²) in [5, 5.41) is 38.1. The van der Waals surface area contributed by atoms with Crippen molar-refractivity contribution in [3.63, 3.8) is 0 Å². The maximum atomic E-state index is 14.3. The molecule has 0 saturated carbocycles. The molecule has 20 heteroatoms. The molecule has 0 aliphatic carbocycles. The molecule has 0 spiro atoms. The third-order valence-electron chi connectivity index (χ3n) is 13.5. The van der Waals surface area contributed by atoms with E-state index >= 15 is 0 Å². The zero-order valence-corrected chi connectivity index (χ0v) is 46.5. The summed E-state index contributed by atoms with van der Waals surface area (Å²) in [4.78, 5) is 137. The minimum absolute atomic E-state index is 0.0400. The van der Waals surface area contributed by atoms with Crippen LogP contribution in [-0.4, -0.2) is 118 Å². The van der Waals surface area contributed by atoms with Gasteiger partial charge in [0.1, 0.15) is 48.4 Å². The largest absolute Gasteiger partial charge is 0.481 e. The molecule has 0 aromatic carbocycles. The number of carbonyl (C=O) groups excluding carboxylic acids is 8. The number of cyclic esters (lactones) is 1. The van der Waals surface area contributed by atoms with Crippen molar-refractivity contribution < 1.29 is 62.9 Å². The minimum Gasteiger partial charge on any atom is -0.481 e. The molecule has 1 saturated heterocycles. The summed E-state index contributed by atoms with van der Waals surface area (Å²) in [7, 11) is 0. The molecule has 1 aliphatic rings. The molecule has 4 unspecified atom stereocenters. The van der Waals surface area contributed by atoms with Crippen molar-refractivity contribution in [3.8, 4) is 0 Å². The highest BCUT2D eigenvalue weighted by molar-refractivity contribution is 5.98. The number of nitrogens with one attached hydrogen (secondary N) is 7. The molecule has 1 aliphatic heterocycles. The number of hydrogen-bond donors (Lipinski definition) is 9. The summed E-state index contributed by atoms with van der Waals surface area (Å²) in [5.41, 5.74) is 0. The fourth-order valence-corrected chi connectivity index (χ4v) is 8.75. The van der Waals surface area contributed by atoms with Gasteiger partial charge in [0.05, 0.1) is 12.8 Å². The first-order valence-corrected chi connectivity index (χ1v) is 27.6. The molecule has 0 radical (unpaired) electrons. The maximum absolute atomic E-state index is 14.3. The topological polar surface area (TPSA) is 305 Å². The lowest BCUT2D eigenvalue weighted by molar-refractivity contribution is -0.156. The van der Waals surface area contributed by atoms with E-state index in [0.717, 1.165) is 38.5 Å². The summed E-state index contributed by atoms with van der Waals surface area (Å²) >= 11 is 0. The Morgan fingerprint density at radius 1 is 0.473 bits per heavy atom. The fraction of sp³-hybridized carbons (Fsp3) is 0.815. The smallest absolute Gasteiger partial charge is 0.329 e. The summed E-state index contributed by atoms with van der Waals surface area (Å²) in [5.74, 6) is -11.0. The second-order valence-corrected chi connectivity index (χ2v) is 21.8. The summed E-state index contributed by atoms with van der Waals surface area (Å²) < 4.78 is 6.07. The van der Waals surface area contributed by atoms with Crippen molar-refractivity contribution in [1.29, 1.82) is 0 Å². The zero-order valence-electron chi connectivity index (χ0n) is 46.5. The number of carbonyl (C=O) groups is 10. The van der Waals surface area contributed by atoms with Crippen LogP contribution in [0, 0.1) is 29.6 Å². The Balaban J connectivity index is 3.99. The Labute approximate surface area is 440 Å². The van der Waals surface area contributed by atoms with Crippen molar-refractivity contribution in [2.45, 2.75) is 253 Å². The Morgan fingerprint density at radius 3 is 1.30 bits per heavy atom. The predicted octanol–water partition coefficient (Wildman–Crippen LogP) is 5.58. The molecule has 424 valence electrons. The van der Waals surface area contributed by atoms with Gasteiger partial charge in [-0.2, -0.15) is 0 Å². The molecule has 7 amide bonds. The van der Waals surface area contributed by atoms with Crippen LogP contribution in [0.4, 0.5) is 0 Å². The van der Waals surface area contributed by atoms with E-state index in [-0.39, 0.29) is 49.9 Å². The maximum Gasteiger partial charge on any atom is 0.329 e. The SMILES string of the molecule is CCCCCCCCCCCCC1CC(=O)N[C@H](CCC(=O)O)C(=O)N[C@@H](CC(C)C)C(=O)NC(CC(C)C)C(=O)N[C@@H](C(C)CC)C(=O)N[C@@H](CC(=O)O)C(=O)N[C@H](CC(C)C)C(=O)N[C@@H](C(C)CC)C(=O)O1. The summed E-state index contributed by atoms with van der Waals surface area (Å²) in [6, 6.07) is -9.64. The number of carboxylic acids is 2. The predicted molar refractivity (Wildman–Crippen MR) is 281 cm³/mol. The number of hydrogen-bond acceptors (Lipinski definition) is 11. The van der Waals surface area contributed by atoms with E-state index in [2.05, 4.69) is 44.1 Å². The van der Waals surface area contributed by atoms with Gasteiger partial charge in [-0.1, -0.05) is 147 Å². The number of amides is 7. The van der Waals surface area contributed by atoms with Crippen LogP contribution in [0.3, 0.4) is 0 Å². The van der Waals surface area contributed by atoms with E-state index < -0.39 is 139 Å². The first-order chi connectivity index (χ1) is 34.8. The highest BCUT2D eigenvalue weighted by Gasteiger charge is 2.38. The number of carboxylic acid groups (broad SMARTS) is 2. The van der Waals surface area contributed by atoms with E-state index in [1.807, 2.05) is 13.8 Å². The monoisotopic (exact) mass is 1050 g/mol. The van der Waals surface area contributed by atoms with Gasteiger partial charge in [0.15, 0.2) is 0 Å². The Bertz CT molecular complexity index is 1810. The number of aliphatic carboxylic acids is 2. The average molecular weight is 1050 g/mol. The van der Waals surface area contributed by atoms with Crippen LogP contribution >= 0.6 is 0 Å². The van der Waals surface area contributed by atoms with Gasteiger partial charge < -0.3 is 52.2 Å². The molecular weight excluding hydrogens is 955 g/mol. The van der Waals surface area contributed by atoms with E-state index in [0.29, 0.717) is 19.3 Å². The van der Waals surface area contributed by atoms with Crippen LogP contribution in [0.2, 0.25) is 0 Å². The van der Waals surface area contributed by atoms with E-state index in [1.54, 1.807) is 55.4 Å². The highest BCUT2D eigenvalue weighted by Crippen LogP contribution is 2.20. The molecule has 1 heterocycles. The van der Waals surface area contributed by atoms with Gasteiger partial charge >= 0.3 is 17.9 Å². The molecule has 1 rings (SSSR count). The Hall–Kier alpha value is -5.30. The third-order valence-corrected chi connectivity index (χ3v) is 13.5. The van der Waals surface area contributed by atoms with Gasteiger partial charge in [-0.05, 0) is 68.1 Å². The second-order valence-electron chi connectivity index (χ2n) is 21.8. The molecule has 10 atom stereocenters. The van der Waals surface area contributed by atoms with Crippen molar-refractivity contribution in [1.82, 2.24) is 37.2 Å². The molecule has 74 heavy (non-hydrogen) atoms. The van der Waals surface area contributed by atoms with Gasteiger partial charge in [0, 0.05) is 6.42 Å². The first kappa shape index (κ1) is 66.7. The van der Waals surface area contributed by atoms with E-state index in [9.17, 15) is 58.2 Å². The molecule has 0 aromatic rings. The molecule has 9 N–H and O–H groups in total. The summed E-state index contributed by atoms with van der Waals surface area (Å²) in [6.07, 6.45) is 8.16. The summed E-state index contributed by atoms with van der Waals surface area (Å²) in [6.45, 7) is 19.9. The van der Waals surface area contributed by atoms with Crippen LogP contribution in [0.25, 0.3) is 0 Å². The minimum atomic E-state index is -1.72. The van der Waals surface area contributed by atoms with Gasteiger partial charge in [0.2, 0.25) is 41.4 Å². The normalized spacial score (nSPS) is 24.5. The number of esters is 1. The lowest BCUT2D eigenvalue weighted by atomic mass is 9.95. The van der Waals surface area contributed by atoms with Crippen molar-refractivity contribution in [3.05, 3.63) is 0 Å². The lowest BCUT2D eigenvalue weighted by Gasteiger charge is -2.30. The van der Waals surface area contributed by atoms with Crippen LogP contribution < -0.4 is 37.2 Å².